The lowest BCUT2D eigenvalue weighted by Crippen LogP contribution is -2.19. The van der Waals surface area contributed by atoms with Crippen LogP contribution < -0.4 is 16.2 Å². The molecule has 0 aromatic carbocycles. The molecule has 2 aliphatic carbocycles. The Morgan fingerprint density at radius 2 is 2.00 bits per heavy atom. The summed E-state index contributed by atoms with van der Waals surface area (Å²) in [6.07, 6.45) is 9.00. The van der Waals surface area contributed by atoms with E-state index in [2.05, 4.69) is 20.2 Å². The largest absolute Gasteiger partial charge is 0.465 e. The molecule has 0 atom stereocenters. The molecular weight excluding hydrogens is 410 g/mol. The first kappa shape index (κ1) is 20.3. The van der Waals surface area contributed by atoms with Crippen LogP contribution in [0.4, 0.5) is 17.2 Å². The molecule has 0 aliphatic heterocycles. The summed E-state index contributed by atoms with van der Waals surface area (Å²) in [6.45, 7) is 2.48. The summed E-state index contributed by atoms with van der Waals surface area (Å²) in [6, 6.07) is 3.93. The number of amides is 1. The van der Waals surface area contributed by atoms with Crippen molar-refractivity contribution >= 4 is 40.0 Å². The molecule has 0 unspecified atom stereocenters. The van der Waals surface area contributed by atoms with Crippen LogP contribution in [-0.2, 0) is 16.1 Å². The lowest BCUT2D eigenvalue weighted by Gasteiger charge is -2.12. The summed E-state index contributed by atoms with van der Waals surface area (Å²) in [7, 11) is 1.30. The van der Waals surface area contributed by atoms with Gasteiger partial charge in [-0.15, -0.1) is 0 Å². The molecule has 2 saturated carbocycles. The number of ether oxygens (including phenoxy) is 1. The van der Waals surface area contributed by atoms with Crippen molar-refractivity contribution in [3.63, 3.8) is 0 Å². The third-order valence-electron chi connectivity index (χ3n) is 6.02. The summed E-state index contributed by atoms with van der Waals surface area (Å²) >= 11 is 0. The Morgan fingerprint density at radius 1 is 1.22 bits per heavy atom. The molecule has 9 heteroatoms. The number of nitrogens with one attached hydrogen (secondary N) is 2. The second-order valence-corrected chi connectivity index (χ2v) is 8.34. The molecule has 3 heterocycles. The van der Waals surface area contributed by atoms with Crippen LogP contribution in [0.25, 0.3) is 10.9 Å². The van der Waals surface area contributed by atoms with E-state index >= 15 is 0 Å². The maximum absolute atomic E-state index is 13.1. The van der Waals surface area contributed by atoms with Crippen molar-refractivity contribution < 1.29 is 14.3 Å². The van der Waals surface area contributed by atoms with Gasteiger partial charge >= 0.3 is 5.97 Å². The van der Waals surface area contributed by atoms with Crippen molar-refractivity contribution in [3.8, 4) is 0 Å². The predicted octanol–water partition coefficient (Wildman–Crippen LogP) is 3.43. The Labute approximate surface area is 184 Å². The molecule has 2 aliphatic rings. The summed E-state index contributed by atoms with van der Waals surface area (Å²) in [4.78, 5) is 41.9. The monoisotopic (exact) mass is 435 g/mol. The van der Waals surface area contributed by atoms with Crippen molar-refractivity contribution in [2.45, 2.75) is 45.2 Å². The second kappa shape index (κ2) is 7.81. The molecule has 0 radical (unpaired) electrons. The highest BCUT2D eigenvalue weighted by Gasteiger charge is 2.30. The van der Waals surface area contributed by atoms with Crippen LogP contribution in [0.2, 0.25) is 0 Å². The molecule has 32 heavy (non-hydrogen) atoms. The number of esters is 1. The number of nitrogens with zero attached hydrogens (tertiary/aromatic N) is 3. The van der Waals surface area contributed by atoms with Crippen LogP contribution in [0.15, 0.2) is 35.5 Å². The van der Waals surface area contributed by atoms with Crippen LogP contribution in [0, 0.1) is 5.92 Å². The number of fused-ring (bicyclic) bond motifs is 1. The Hall–Kier alpha value is -3.62. The van der Waals surface area contributed by atoms with Crippen molar-refractivity contribution in [3.05, 3.63) is 46.6 Å². The fraction of sp³-hybridized carbons (Fsp3) is 0.391. The number of methoxy groups -OCH3 is 1. The van der Waals surface area contributed by atoms with Crippen molar-refractivity contribution in [2.75, 3.05) is 17.7 Å². The van der Waals surface area contributed by atoms with Crippen LogP contribution in [-0.4, -0.2) is 33.1 Å². The minimum Gasteiger partial charge on any atom is -0.465 e. The molecule has 0 bridgehead atoms. The third kappa shape index (κ3) is 3.63. The molecule has 0 spiro atoms. The Bertz CT molecular complexity index is 1280. The van der Waals surface area contributed by atoms with Gasteiger partial charge in [-0.05, 0) is 38.7 Å². The zero-order valence-corrected chi connectivity index (χ0v) is 18.1. The average Bonchev–Trinajstić information content (AvgIpc) is 3.71. The Kier molecular flexibility index (Phi) is 4.96. The van der Waals surface area contributed by atoms with Gasteiger partial charge in [-0.1, -0.05) is 0 Å². The number of hydrogen-bond acceptors (Lipinski definition) is 6. The Balaban J connectivity index is 1.59. The van der Waals surface area contributed by atoms with E-state index in [9.17, 15) is 14.4 Å². The molecule has 2 N–H and O–H groups in total. The van der Waals surface area contributed by atoms with Gasteiger partial charge in [-0.3, -0.25) is 9.59 Å². The van der Waals surface area contributed by atoms with E-state index in [4.69, 9.17) is 4.74 Å². The first-order chi connectivity index (χ1) is 15.5. The average molecular weight is 435 g/mol. The standard InChI is InChI=1S/C23H25N5O4/c1-3-27-9-8-18-20(22(27)30)17(12-28(18)14-6-7-14)25-16-10-19(26-21(29)13-4-5-13)24-11-15(16)23(31)32-2/h8-14H,3-7H2,1-2H3,(H2,24,25,26,29). The summed E-state index contributed by atoms with van der Waals surface area (Å²) in [5, 5.41) is 6.63. The van der Waals surface area contributed by atoms with Crippen molar-refractivity contribution in [1.82, 2.24) is 14.1 Å². The molecule has 9 nitrogen and oxygen atoms in total. The molecule has 1 amide bonds. The van der Waals surface area contributed by atoms with Gasteiger partial charge in [0.1, 0.15) is 11.4 Å². The third-order valence-corrected chi connectivity index (χ3v) is 6.02. The van der Waals surface area contributed by atoms with Crippen molar-refractivity contribution in [1.29, 1.82) is 0 Å². The van der Waals surface area contributed by atoms with Gasteiger partial charge in [0.25, 0.3) is 5.56 Å². The van der Waals surface area contributed by atoms with E-state index in [1.807, 2.05) is 25.4 Å². The lowest BCUT2D eigenvalue weighted by atomic mass is 10.2. The van der Waals surface area contributed by atoms with Crippen LogP contribution in [0.5, 0.6) is 0 Å². The van der Waals surface area contributed by atoms with Crippen molar-refractivity contribution in [2.24, 2.45) is 5.92 Å². The molecule has 3 aromatic heterocycles. The maximum Gasteiger partial charge on any atom is 0.341 e. The topological polar surface area (TPSA) is 107 Å². The second-order valence-electron chi connectivity index (χ2n) is 8.34. The molecule has 0 saturated heterocycles. The highest BCUT2D eigenvalue weighted by molar-refractivity contribution is 6.01. The van der Waals surface area contributed by atoms with E-state index < -0.39 is 5.97 Å². The molecule has 3 aromatic rings. The van der Waals surface area contributed by atoms with Gasteiger partial charge in [-0.25, -0.2) is 9.78 Å². The fourth-order valence-electron chi connectivity index (χ4n) is 3.92. The van der Waals surface area contributed by atoms with Crippen LogP contribution >= 0.6 is 0 Å². The number of pyridine rings is 2. The minimum absolute atomic E-state index is 0.0255. The predicted molar refractivity (Wildman–Crippen MR) is 120 cm³/mol. The number of carbonyl (C=O) groups excluding carboxylic acids is 2. The number of aromatic nitrogens is 3. The number of aryl methyl sites for hydroxylation is 1. The molecule has 2 fully saturated rings. The normalized spacial score (nSPS) is 15.6. The molecule has 166 valence electrons. The maximum atomic E-state index is 13.1. The zero-order chi connectivity index (χ0) is 22.4. The van der Waals surface area contributed by atoms with E-state index in [1.54, 1.807) is 10.6 Å². The van der Waals surface area contributed by atoms with E-state index in [1.165, 1.54) is 13.3 Å². The van der Waals surface area contributed by atoms with E-state index in [0.29, 0.717) is 35.2 Å². The summed E-state index contributed by atoms with van der Waals surface area (Å²) < 4.78 is 8.68. The summed E-state index contributed by atoms with van der Waals surface area (Å²) in [5.41, 5.74) is 2.01. The highest BCUT2D eigenvalue weighted by Crippen LogP contribution is 2.40. The number of hydrogen-bond donors (Lipinski definition) is 2. The molecular formula is C23H25N5O4. The van der Waals surface area contributed by atoms with E-state index in [0.717, 1.165) is 31.2 Å². The number of carbonyl (C=O) groups is 2. The van der Waals surface area contributed by atoms with Gasteiger partial charge in [0, 0.05) is 43.2 Å². The summed E-state index contributed by atoms with van der Waals surface area (Å²) in [5.74, 6) is -0.270. The first-order valence-electron chi connectivity index (χ1n) is 10.9. The van der Waals surface area contributed by atoms with Crippen LogP contribution in [0.1, 0.15) is 49.0 Å². The number of rotatable bonds is 7. The van der Waals surface area contributed by atoms with Gasteiger partial charge < -0.3 is 24.5 Å². The smallest absolute Gasteiger partial charge is 0.341 e. The Morgan fingerprint density at radius 3 is 2.66 bits per heavy atom. The van der Waals surface area contributed by atoms with Gasteiger partial charge in [0.2, 0.25) is 5.91 Å². The molecule has 5 rings (SSSR count). The van der Waals surface area contributed by atoms with Gasteiger partial charge in [0.15, 0.2) is 0 Å². The van der Waals surface area contributed by atoms with Gasteiger partial charge in [0.05, 0.1) is 29.4 Å². The lowest BCUT2D eigenvalue weighted by molar-refractivity contribution is -0.117. The zero-order valence-electron chi connectivity index (χ0n) is 18.1. The van der Waals surface area contributed by atoms with E-state index in [-0.39, 0.29) is 22.9 Å². The minimum atomic E-state index is -0.558. The van der Waals surface area contributed by atoms with Gasteiger partial charge in [-0.2, -0.15) is 0 Å². The van der Waals surface area contributed by atoms with Crippen LogP contribution in [0.3, 0.4) is 0 Å². The highest BCUT2D eigenvalue weighted by atomic mass is 16.5. The fourth-order valence-corrected chi connectivity index (χ4v) is 3.92. The quantitative estimate of drug-likeness (QED) is 0.551. The SMILES string of the molecule is CCn1ccc2c(c(Nc3cc(NC(=O)C4CC4)ncc3C(=O)OC)cn2C2CC2)c1=O. The number of anilines is 3. The first-order valence-corrected chi connectivity index (χ1v) is 10.9.